The Morgan fingerprint density at radius 3 is 2.60 bits per heavy atom. The van der Waals surface area contributed by atoms with Crippen LogP contribution >= 0.6 is 11.3 Å². The van der Waals surface area contributed by atoms with Crippen molar-refractivity contribution in [1.29, 1.82) is 0 Å². The second-order valence-corrected chi connectivity index (χ2v) is 9.31. The highest BCUT2D eigenvalue weighted by Gasteiger charge is 2.28. The summed E-state index contributed by atoms with van der Waals surface area (Å²) in [5.41, 5.74) is 2.53. The topological polar surface area (TPSA) is 119 Å². The molecule has 0 fully saturated rings. The minimum Gasteiger partial charge on any atom is -0.360 e. The summed E-state index contributed by atoms with van der Waals surface area (Å²) in [4.78, 5) is 17.9. The molecule has 0 radical (unpaired) electrons. The van der Waals surface area contributed by atoms with Crippen LogP contribution in [0.4, 0.5) is 5.69 Å². The first-order valence-electron chi connectivity index (χ1n) is 9.03. The van der Waals surface area contributed by atoms with Crippen LogP contribution in [0.1, 0.15) is 18.4 Å². The second-order valence-electron chi connectivity index (χ2n) is 6.78. The van der Waals surface area contributed by atoms with Crippen LogP contribution < -0.4 is 10.0 Å². The number of aryl methyl sites for hydroxylation is 2. The first kappa shape index (κ1) is 20.3. The quantitative estimate of drug-likeness (QED) is 0.471. The third-order valence-electron chi connectivity index (χ3n) is 4.50. The maximum atomic E-state index is 12.6. The molecule has 1 atom stereocenters. The molecule has 0 bridgehead atoms. The molecule has 3 aromatic heterocycles. The fraction of sp³-hybridized carbons (Fsp3) is 0.211. The van der Waals surface area contributed by atoms with Crippen molar-refractivity contribution in [2.24, 2.45) is 0 Å². The number of rotatable bonds is 6. The van der Waals surface area contributed by atoms with Gasteiger partial charge in [0.05, 0.1) is 11.7 Å². The lowest BCUT2D eigenvalue weighted by molar-refractivity contribution is -0.117. The lowest BCUT2D eigenvalue weighted by Crippen LogP contribution is -2.41. The number of carbonyl (C=O) groups is 1. The van der Waals surface area contributed by atoms with Gasteiger partial charge in [0.25, 0.3) is 0 Å². The van der Waals surface area contributed by atoms with Crippen molar-refractivity contribution < 1.29 is 17.7 Å². The molecule has 30 heavy (non-hydrogen) atoms. The molecule has 1 amide bonds. The Balaban J connectivity index is 1.43. The normalized spacial score (nSPS) is 12.9. The van der Waals surface area contributed by atoms with Gasteiger partial charge in [-0.05, 0) is 32.9 Å². The third kappa shape index (κ3) is 3.86. The van der Waals surface area contributed by atoms with E-state index in [4.69, 9.17) is 4.52 Å². The van der Waals surface area contributed by atoms with Crippen molar-refractivity contribution in [3.05, 3.63) is 53.5 Å². The number of carbonyl (C=O) groups excluding carboxylic acids is 1. The lowest BCUT2D eigenvalue weighted by Gasteiger charge is -2.14. The molecule has 1 aromatic carbocycles. The highest BCUT2D eigenvalue weighted by atomic mass is 32.2. The molecule has 0 spiro atoms. The first-order chi connectivity index (χ1) is 14.2. The molecular formula is C19H19N5O4S2. The number of hydrogen-bond donors (Lipinski definition) is 2. The molecule has 4 rings (SSSR count). The van der Waals surface area contributed by atoms with E-state index in [0.29, 0.717) is 5.69 Å². The molecule has 0 aliphatic rings. The van der Waals surface area contributed by atoms with Crippen molar-refractivity contribution in [2.75, 3.05) is 5.32 Å². The van der Waals surface area contributed by atoms with Crippen LogP contribution in [0, 0.1) is 13.8 Å². The average molecular weight is 446 g/mol. The Kier molecular flexibility index (Phi) is 5.18. The van der Waals surface area contributed by atoms with Crippen LogP contribution in [-0.4, -0.2) is 34.9 Å². The van der Waals surface area contributed by atoms with E-state index in [1.807, 2.05) is 34.3 Å². The molecule has 1 unspecified atom stereocenters. The summed E-state index contributed by atoms with van der Waals surface area (Å²) in [6, 6.07) is 6.19. The van der Waals surface area contributed by atoms with Gasteiger partial charge in [0.15, 0.2) is 10.7 Å². The molecule has 0 aliphatic heterocycles. The largest absolute Gasteiger partial charge is 0.360 e. The van der Waals surface area contributed by atoms with Crippen LogP contribution in [0.25, 0.3) is 16.2 Å². The Hall–Kier alpha value is -3.02. The predicted molar refractivity (Wildman–Crippen MR) is 113 cm³/mol. The van der Waals surface area contributed by atoms with Crippen molar-refractivity contribution in [3.63, 3.8) is 0 Å². The number of nitrogens with zero attached hydrogens (tertiary/aromatic N) is 3. The van der Waals surface area contributed by atoms with Crippen molar-refractivity contribution in [3.8, 4) is 11.3 Å². The van der Waals surface area contributed by atoms with Crippen molar-refractivity contribution in [2.45, 2.75) is 31.7 Å². The van der Waals surface area contributed by atoms with Gasteiger partial charge in [-0.15, -0.1) is 11.3 Å². The van der Waals surface area contributed by atoms with E-state index < -0.39 is 22.0 Å². The lowest BCUT2D eigenvalue weighted by atomic mass is 10.1. The van der Waals surface area contributed by atoms with Gasteiger partial charge < -0.3 is 9.84 Å². The monoisotopic (exact) mass is 445 g/mol. The van der Waals surface area contributed by atoms with E-state index in [-0.39, 0.29) is 16.3 Å². The van der Waals surface area contributed by atoms with Gasteiger partial charge >= 0.3 is 0 Å². The number of thiazole rings is 1. The standard InChI is InChI=1S/C19H19N5O4S2/c1-11-17(13(3)28-22-11)30(26,27)23-12(2)18(25)20-15-6-4-14(5-7-15)16-10-24-8-9-29-19(24)21-16/h4-10,12,23H,1-3H3,(H,20,25). The molecule has 0 saturated heterocycles. The van der Waals surface area contributed by atoms with Gasteiger partial charge in [-0.3, -0.25) is 9.20 Å². The molecule has 156 valence electrons. The SMILES string of the molecule is Cc1noc(C)c1S(=O)(=O)NC(C)C(=O)Nc1ccc(-c2cn3ccsc3n2)cc1. The fourth-order valence-corrected chi connectivity index (χ4v) is 5.28. The summed E-state index contributed by atoms with van der Waals surface area (Å²) in [6.45, 7) is 4.50. The Labute approximate surface area is 176 Å². The first-order valence-corrected chi connectivity index (χ1v) is 11.4. The average Bonchev–Trinajstić information content (AvgIpc) is 3.37. The minimum absolute atomic E-state index is 0.0496. The van der Waals surface area contributed by atoms with Gasteiger partial charge in [0.1, 0.15) is 10.6 Å². The van der Waals surface area contributed by atoms with Crippen LogP contribution in [-0.2, 0) is 14.8 Å². The Bertz CT molecular complexity index is 1270. The third-order valence-corrected chi connectivity index (χ3v) is 7.06. The number of sulfonamides is 1. The Morgan fingerprint density at radius 1 is 1.23 bits per heavy atom. The zero-order valence-electron chi connectivity index (χ0n) is 16.4. The molecule has 4 aromatic rings. The second kappa shape index (κ2) is 7.67. The molecular weight excluding hydrogens is 426 g/mol. The summed E-state index contributed by atoms with van der Waals surface area (Å²) < 4.78 is 34.3. The van der Waals surface area contributed by atoms with Crippen LogP contribution in [0.5, 0.6) is 0 Å². The highest BCUT2D eigenvalue weighted by molar-refractivity contribution is 7.89. The summed E-state index contributed by atoms with van der Waals surface area (Å²) >= 11 is 1.55. The summed E-state index contributed by atoms with van der Waals surface area (Å²) in [5, 5.41) is 8.32. The number of benzene rings is 1. The predicted octanol–water partition coefficient (Wildman–Crippen LogP) is 2.97. The maximum Gasteiger partial charge on any atom is 0.246 e. The van der Waals surface area contributed by atoms with Crippen LogP contribution in [0.2, 0.25) is 0 Å². The summed E-state index contributed by atoms with van der Waals surface area (Å²) in [5.74, 6) is -0.317. The molecule has 0 saturated carbocycles. The van der Waals surface area contributed by atoms with Gasteiger partial charge in [-0.2, -0.15) is 4.72 Å². The van der Waals surface area contributed by atoms with Crippen LogP contribution in [0.3, 0.4) is 0 Å². The fourth-order valence-electron chi connectivity index (χ4n) is 3.04. The highest BCUT2D eigenvalue weighted by Crippen LogP contribution is 2.23. The molecule has 3 heterocycles. The van der Waals surface area contributed by atoms with Gasteiger partial charge in [0.2, 0.25) is 15.9 Å². The number of hydrogen-bond acceptors (Lipinski definition) is 7. The number of imidazole rings is 1. The van der Waals surface area contributed by atoms with Gasteiger partial charge in [-0.1, -0.05) is 17.3 Å². The van der Waals surface area contributed by atoms with E-state index >= 15 is 0 Å². The van der Waals surface area contributed by atoms with E-state index in [2.05, 4.69) is 20.2 Å². The minimum atomic E-state index is -3.94. The van der Waals surface area contributed by atoms with E-state index in [9.17, 15) is 13.2 Å². The van der Waals surface area contributed by atoms with Crippen molar-refractivity contribution in [1.82, 2.24) is 19.3 Å². The summed E-state index contributed by atoms with van der Waals surface area (Å²) in [7, 11) is -3.94. The van der Waals surface area contributed by atoms with Crippen molar-refractivity contribution >= 4 is 37.9 Å². The van der Waals surface area contributed by atoms with Gasteiger partial charge in [0, 0.05) is 29.0 Å². The zero-order chi connectivity index (χ0) is 21.5. The zero-order valence-corrected chi connectivity index (χ0v) is 18.0. The number of nitrogens with one attached hydrogen (secondary N) is 2. The van der Waals surface area contributed by atoms with E-state index in [1.54, 1.807) is 23.5 Å². The van der Waals surface area contributed by atoms with E-state index in [1.165, 1.54) is 20.8 Å². The molecule has 2 N–H and O–H groups in total. The molecule has 11 heteroatoms. The number of amides is 1. The molecule has 9 nitrogen and oxygen atoms in total. The number of fused-ring (bicyclic) bond motifs is 1. The number of aromatic nitrogens is 3. The summed E-state index contributed by atoms with van der Waals surface area (Å²) in [6.07, 6.45) is 3.88. The maximum absolute atomic E-state index is 12.6. The van der Waals surface area contributed by atoms with Crippen LogP contribution in [0.15, 0.2) is 51.5 Å². The van der Waals surface area contributed by atoms with E-state index in [0.717, 1.165) is 16.2 Å². The smallest absolute Gasteiger partial charge is 0.246 e. The molecule has 0 aliphatic carbocycles. The Morgan fingerprint density at radius 2 is 1.97 bits per heavy atom. The van der Waals surface area contributed by atoms with Gasteiger partial charge in [-0.25, -0.2) is 13.4 Å². The number of anilines is 1.